The van der Waals surface area contributed by atoms with Crippen LogP contribution in [0.1, 0.15) is 30.1 Å². The third kappa shape index (κ3) is 2.40. The Labute approximate surface area is 105 Å². The molecule has 0 saturated carbocycles. The number of thiophene rings is 1. The first-order valence-electron chi connectivity index (χ1n) is 5.62. The monoisotopic (exact) mass is 251 g/mol. The maximum atomic E-state index is 5.98. The molecule has 0 aromatic carbocycles. The van der Waals surface area contributed by atoms with Crippen molar-refractivity contribution in [2.24, 2.45) is 0 Å². The molecule has 2 rings (SSSR count). The fourth-order valence-electron chi connectivity index (χ4n) is 1.63. The van der Waals surface area contributed by atoms with Crippen molar-refractivity contribution >= 4 is 27.4 Å². The molecule has 0 fully saturated rings. The van der Waals surface area contributed by atoms with E-state index in [0.29, 0.717) is 18.2 Å². The Morgan fingerprint density at radius 3 is 2.65 bits per heavy atom. The number of aromatic nitrogens is 2. The minimum Gasteiger partial charge on any atom is -0.383 e. The molecule has 0 saturated heterocycles. The zero-order valence-electron chi connectivity index (χ0n) is 10.6. The molecule has 0 amide bonds. The van der Waals surface area contributed by atoms with Crippen molar-refractivity contribution in [2.75, 3.05) is 5.73 Å². The van der Waals surface area contributed by atoms with Crippen molar-refractivity contribution in [2.45, 2.75) is 40.4 Å². The number of nitrogen functional groups attached to an aromatic ring is 1. The van der Waals surface area contributed by atoms with E-state index in [0.717, 1.165) is 10.2 Å². The summed E-state index contributed by atoms with van der Waals surface area (Å²) in [6.07, 6.45) is 0.169. The summed E-state index contributed by atoms with van der Waals surface area (Å²) in [6.45, 7) is 8.51. The molecule has 2 aromatic heterocycles. The summed E-state index contributed by atoms with van der Waals surface area (Å²) in [7, 11) is 0. The molecule has 17 heavy (non-hydrogen) atoms. The number of nitrogens with zero attached hydrogens (tertiary/aromatic N) is 2. The second kappa shape index (κ2) is 4.58. The normalized spacial score (nSPS) is 11.6. The lowest BCUT2D eigenvalue weighted by atomic mass is 10.2. The number of rotatable bonds is 3. The van der Waals surface area contributed by atoms with E-state index in [-0.39, 0.29) is 6.10 Å². The van der Waals surface area contributed by atoms with Gasteiger partial charge in [-0.05, 0) is 33.3 Å². The van der Waals surface area contributed by atoms with Crippen molar-refractivity contribution in [3.63, 3.8) is 0 Å². The van der Waals surface area contributed by atoms with Gasteiger partial charge in [-0.3, -0.25) is 0 Å². The molecule has 0 spiro atoms. The van der Waals surface area contributed by atoms with Gasteiger partial charge >= 0.3 is 0 Å². The zero-order valence-corrected chi connectivity index (χ0v) is 11.4. The fraction of sp³-hybridized carbons (Fsp3) is 0.500. The largest absolute Gasteiger partial charge is 0.383 e. The van der Waals surface area contributed by atoms with Gasteiger partial charge < -0.3 is 10.5 Å². The van der Waals surface area contributed by atoms with Gasteiger partial charge in [0.15, 0.2) is 5.82 Å². The molecular formula is C12H17N3OS. The molecule has 2 heterocycles. The number of aryl methyl sites for hydroxylation is 2. The Hall–Kier alpha value is -1.20. The van der Waals surface area contributed by atoms with Crippen LogP contribution in [-0.2, 0) is 11.3 Å². The maximum Gasteiger partial charge on any atom is 0.158 e. The molecule has 0 aliphatic heterocycles. The molecule has 0 aliphatic carbocycles. The predicted octanol–water partition coefficient (Wildman–Crippen LogP) is 2.82. The SMILES string of the molecule is Cc1sc2nc(COC(C)C)nc(N)c2c1C. The summed E-state index contributed by atoms with van der Waals surface area (Å²) >= 11 is 1.65. The Balaban J connectivity index is 2.42. The molecule has 5 heteroatoms. The van der Waals surface area contributed by atoms with Crippen LogP contribution in [0.25, 0.3) is 10.2 Å². The minimum absolute atomic E-state index is 0.169. The highest BCUT2D eigenvalue weighted by molar-refractivity contribution is 7.18. The topological polar surface area (TPSA) is 61.0 Å². The van der Waals surface area contributed by atoms with Crippen LogP contribution in [0.4, 0.5) is 5.82 Å². The first-order chi connectivity index (χ1) is 7.99. The molecule has 92 valence electrons. The van der Waals surface area contributed by atoms with E-state index in [1.807, 2.05) is 13.8 Å². The van der Waals surface area contributed by atoms with Crippen molar-refractivity contribution < 1.29 is 4.74 Å². The van der Waals surface area contributed by atoms with Crippen LogP contribution < -0.4 is 5.73 Å². The summed E-state index contributed by atoms with van der Waals surface area (Å²) in [5, 5.41) is 0.987. The van der Waals surface area contributed by atoms with Crippen molar-refractivity contribution in [1.82, 2.24) is 9.97 Å². The Kier molecular flexibility index (Phi) is 3.31. The highest BCUT2D eigenvalue weighted by atomic mass is 32.1. The number of fused-ring (bicyclic) bond motifs is 1. The molecule has 0 aliphatic rings. The average molecular weight is 251 g/mol. The summed E-state index contributed by atoms with van der Waals surface area (Å²) in [6, 6.07) is 0. The summed E-state index contributed by atoms with van der Waals surface area (Å²) in [5.41, 5.74) is 7.16. The number of anilines is 1. The van der Waals surface area contributed by atoms with Gasteiger partial charge in [0.2, 0.25) is 0 Å². The maximum absolute atomic E-state index is 5.98. The minimum atomic E-state index is 0.169. The van der Waals surface area contributed by atoms with Gasteiger partial charge in [-0.1, -0.05) is 0 Å². The number of hydrogen-bond donors (Lipinski definition) is 1. The summed E-state index contributed by atoms with van der Waals surface area (Å²) < 4.78 is 5.49. The molecule has 0 radical (unpaired) electrons. The zero-order chi connectivity index (χ0) is 12.6. The van der Waals surface area contributed by atoms with E-state index in [4.69, 9.17) is 10.5 Å². The van der Waals surface area contributed by atoms with E-state index in [1.165, 1.54) is 10.4 Å². The predicted molar refractivity (Wildman–Crippen MR) is 71.2 cm³/mol. The fourth-order valence-corrected chi connectivity index (χ4v) is 2.69. The van der Waals surface area contributed by atoms with E-state index in [9.17, 15) is 0 Å². The van der Waals surface area contributed by atoms with Gasteiger partial charge in [-0.15, -0.1) is 11.3 Å². The van der Waals surface area contributed by atoms with E-state index in [1.54, 1.807) is 11.3 Å². The van der Waals surface area contributed by atoms with Crippen molar-refractivity contribution in [3.05, 3.63) is 16.3 Å². The number of ether oxygens (including phenoxy) is 1. The Morgan fingerprint density at radius 1 is 1.29 bits per heavy atom. The third-order valence-corrected chi connectivity index (χ3v) is 3.75. The van der Waals surface area contributed by atoms with Gasteiger partial charge in [-0.2, -0.15) is 0 Å². The average Bonchev–Trinajstić information content (AvgIpc) is 2.52. The van der Waals surface area contributed by atoms with Crippen LogP contribution in [0.15, 0.2) is 0 Å². The summed E-state index contributed by atoms with van der Waals surface area (Å²) in [4.78, 5) is 11.0. The van der Waals surface area contributed by atoms with Crippen LogP contribution >= 0.6 is 11.3 Å². The van der Waals surface area contributed by atoms with Gasteiger partial charge in [0.25, 0.3) is 0 Å². The first kappa shape index (κ1) is 12.3. The highest BCUT2D eigenvalue weighted by Crippen LogP contribution is 2.31. The molecule has 0 unspecified atom stereocenters. The van der Waals surface area contributed by atoms with Crippen LogP contribution in [0.2, 0.25) is 0 Å². The lowest BCUT2D eigenvalue weighted by Crippen LogP contribution is -2.07. The molecule has 2 aromatic rings. The first-order valence-corrected chi connectivity index (χ1v) is 6.44. The molecule has 2 N–H and O–H groups in total. The van der Waals surface area contributed by atoms with Crippen LogP contribution in [0.3, 0.4) is 0 Å². The summed E-state index contributed by atoms with van der Waals surface area (Å²) in [5.74, 6) is 1.21. The standard InChI is InChI=1S/C12H17N3OS/c1-6(2)16-5-9-14-11(13)10-7(3)8(4)17-12(10)15-9/h6H,5H2,1-4H3,(H2,13,14,15). The Morgan fingerprint density at radius 2 is 2.00 bits per heavy atom. The molecule has 4 nitrogen and oxygen atoms in total. The van der Waals surface area contributed by atoms with E-state index in [2.05, 4.69) is 23.8 Å². The highest BCUT2D eigenvalue weighted by Gasteiger charge is 2.12. The van der Waals surface area contributed by atoms with Crippen molar-refractivity contribution in [3.8, 4) is 0 Å². The van der Waals surface area contributed by atoms with Gasteiger partial charge in [-0.25, -0.2) is 9.97 Å². The lowest BCUT2D eigenvalue weighted by molar-refractivity contribution is 0.0615. The van der Waals surface area contributed by atoms with Crippen LogP contribution in [0.5, 0.6) is 0 Å². The Bertz CT molecular complexity index is 548. The van der Waals surface area contributed by atoms with E-state index >= 15 is 0 Å². The smallest absolute Gasteiger partial charge is 0.158 e. The molecule has 0 atom stereocenters. The number of hydrogen-bond acceptors (Lipinski definition) is 5. The van der Waals surface area contributed by atoms with Crippen molar-refractivity contribution in [1.29, 1.82) is 0 Å². The van der Waals surface area contributed by atoms with E-state index < -0.39 is 0 Å². The molecule has 0 bridgehead atoms. The lowest BCUT2D eigenvalue weighted by Gasteiger charge is -2.07. The molecular weight excluding hydrogens is 234 g/mol. The quantitative estimate of drug-likeness (QED) is 0.911. The second-order valence-electron chi connectivity index (χ2n) is 4.35. The number of nitrogens with two attached hydrogens (primary N) is 1. The van der Waals surface area contributed by atoms with Gasteiger partial charge in [0.1, 0.15) is 17.3 Å². The third-order valence-electron chi connectivity index (χ3n) is 2.65. The van der Waals surface area contributed by atoms with Crippen LogP contribution in [0, 0.1) is 13.8 Å². The van der Waals surface area contributed by atoms with Gasteiger partial charge in [0, 0.05) is 4.88 Å². The second-order valence-corrected chi connectivity index (χ2v) is 5.55. The van der Waals surface area contributed by atoms with Gasteiger partial charge in [0.05, 0.1) is 11.5 Å². The van der Waals surface area contributed by atoms with Crippen LogP contribution in [-0.4, -0.2) is 16.1 Å².